The number of halogens is 1. The SMILES string of the molecule is CCNc1ccc(Cl)c(Cn2c(=O)ccn(CC)c2=O)n1. The first-order chi connectivity index (χ1) is 10.1. The van der Waals surface area contributed by atoms with Crippen molar-refractivity contribution in [2.45, 2.75) is 26.9 Å². The monoisotopic (exact) mass is 308 g/mol. The van der Waals surface area contributed by atoms with Gasteiger partial charge in [0.1, 0.15) is 5.82 Å². The van der Waals surface area contributed by atoms with Gasteiger partial charge in [0, 0.05) is 25.4 Å². The Labute approximate surface area is 127 Å². The summed E-state index contributed by atoms with van der Waals surface area (Å²) in [6, 6.07) is 4.83. The minimum Gasteiger partial charge on any atom is -0.370 e. The van der Waals surface area contributed by atoms with Crippen LogP contribution in [0.4, 0.5) is 5.82 Å². The number of rotatable bonds is 5. The van der Waals surface area contributed by atoms with E-state index in [0.717, 1.165) is 11.1 Å². The van der Waals surface area contributed by atoms with Crippen molar-refractivity contribution >= 4 is 17.4 Å². The molecular weight excluding hydrogens is 292 g/mol. The van der Waals surface area contributed by atoms with Gasteiger partial charge in [0.15, 0.2) is 0 Å². The Balaban J connectivity index is 2.45. The van der Waals surface area contributed by atoms with Gasteiger partial charge in [0.05, 0.1) is 17.3 Å². The summed E-state index contributed by atoms with van der Waals surface area (Å²) >= 11 is 6.11. The highest BCUT2D eigenvalue weighted by Gasteiger charge is 2.10. The molecule has 0 atom stereocenters. The molecule has 2 aromatic heterocycles. The standard InChI is InChI=1S/C14H17ClN4O2/c1-3-16-12-6-5-10(15)11(17-12)9-19-13(20)7-8-18(4-2)14(19)21/h5-8H,3-4,9H2,1-2H3,(H,16,17). The third-order valence-electron chi connectivity index (χ3n) is 3.06. The molecule has 112 valence electrons. The number of nitrogens with one attached hydrogen (secondary N) is 1. The highest BCUT2D eigenvalue weighted by atomic mass is 35.5. The van der Waals surface area contributed by atoms with Crippen LogP contribution in [-0.4, -0.2) is 20.7 Å². The van der Waals surface area contributed by atoms with Gasteiger partial charge in [0.25, 0.3) is 5.56 Å². The van der Waals surface area contributed by atoms with E-state index in [1.54, 1.807) is 12.1 Å². The molecule has 6 nitrogen and oxygen atoms in total. The van der Waals surface area contributed by atoms with Gasteiger partial charge in [-0.1, -0.05) is 11.6 Å². The predicted octanol–water partition coefficient (Wildman–Crippen LogP) is 1.56. The van der Waals surface area contributed by atoms with Gasteiger partial charge in [-0.15, -0.1) is 0 Å². The molecule has 0 spiro atoms. The Morgan fingerprint density at radius 3 is 2.67 bits per heavy atom. The van der Waals surface area contributed by atoms with Crippen LogP contribution in [0.3, 0.4) is 0 Å². The van der Waals surface area contributed by atoms with E-state index in [0.29, 0.717) is 23.1 Å². The quantitative estimate of drug-likeness (QED) is 0.910. The Kier molecular flexibility index (Phi) is 4.80. The van der Waals surface area contributed by atoms with Gasteiger partial charge in [-0.2, -0.15) is 0 Å². The Morgan fingerprint density at radius 1 is 1.24 bits per heavy atom. The zero-order valence-electron chi connectivity index (χ0n) is 12.0. The van der Waals surface area contributed by atoms with Crippen molar-refractivity contribution in [1.29, 1.82) is 0 Å². The average molecular weight is 309 g/mol. The van der Waals surface area contributed by atoms with Crippen LogP contribution in [0.25, 0.3) is 0 Å². The zero-order chi connectivity index (χ0) is 15.4. The number of hydrogen-bond donors (Lipinski definition) is 1. The molecule has 0 saturated heterocycles. The van der Waals surface area contributed by atoms with Crippen LogP contribution in [0.2, 0.25) is 5.02 Å². The van der Waals surface area contributed by atoms with Crippen molar-refractivity contribution in [1.82, 2.24) is 14.1 Å². The van der Waals surface area contributed by atoms with Crippen molar-refractivity contribution in [2.75, 3.05) is 11.9 Å². The second kappa shape index (κ2) is 6.58. The lowest BCUT2D eigenvalue weighted by atomic mass is 10.3. The Morgan fingerprint density at radius 2 is 2.00 bits per heavy atom. The van der Waals surface area contributed by atoms with Crippen LogP contribution in [0.5, 0.6) is 0 Å². The molecule has 0 radical (unpaired) electrons. The lowest BCUT2D eigenvalue weighted by Gasteiger charge is -2.10. The Bertz CT molecular complexity index is 751. The second-order valence-electron chi connectivity index (χ2n) is 4.46. The smallest absolute Gasteiger partial charge is 0.331 e. The summed E-state index contributed by atoms with van der Waals surface area (Å²) in [5.41, 5.74) is -0.240. The minimum absolute atomic E-state index is 0.0522. The lowest BCUT2D eigenvalue weighted by molar-refractivity contribution is 0.595. The molecule has 1 N–H and O–H groups in total. The molecule has 0 unspecified atom stereocenters. The molecule has 0 bridgehead atoms. The van der Waals surface area contributed by atoms with E-state index in [-0.39, 0.29) is 17.8 Å². The molecular formula is C14H17ClN4O2. The largest absolute Gasteiger partial charge is 0.370 e. The van der Waals surface area contributed by atoms with Crippen molar-refractivity contribution in [3.05, 3.63) is 56.0 Å². The molecule has 0 aliphatic rings. The molecule has 2 aromatic rings. The molecule has 21 heavy (non-hydrogen) atoms. The molecule has 2 rings (SSSR count). The molecule has 0 aliphatic heterocycles. The van der Waals surface area contributed by atoms with Gasteiger partial charge in [-0.25, -0.2) is 9.78 Å². The van der Waals surface area contributed by atoms with Crippen LogP contribution >= 0.6 is 11.6 Å². The van der Waals surface area contributed by atoms with Crippen molar-refractivity contribution in [3.8, 4) is 0 Å². The predicted molar refractivity (Wildman–Crippen MR) is 83.1 cm³/mol. The first-order valence-electron chi connectivity index (χ1n) is 6.76. The minimum atomic E-state index is -0.364. The second-order valence-corrected chi connectivity index (χ2v) is 4.87. The van der Waals surface area contributed by atoms with E-state index >= 15 is 0 Å². The summed E-state index contributed by atoms with van der Waals surface area (Å²) in [7, 11) is 0. The van der Waals surface area contributed by atoms with Gasteiger partial charge >= 0.3 is 5.69 Å². The van der Waals surface area contributed by atoms with Crippen LogP contribution < -0.4 is 16.6 Å². The number of pyridine rings is 1. The maximum atomic E-state index is 12.2. The fraction of sp³-hybridized carbons (Fsp3) is 0.357. The Hall–Kier alpha value is -2.08. The van der Waals surface area contributed by atoms with Gasteiger partial charge < -0.3 is 9.88 Å². The molecule has 0 aliphatic carbocycles. The number of hydrogen-bond acceptors (Lipinski definition) is 4. The van der Waals surface area contributed by atoms with Crippen LogP contribution in [0.15, 0.2) is 34.0 Å². The van der Waals surface area contributed by atoms with E-state index in [1.807, 2.05) is 13.8 Å². The summed E-state index contributed by atoms with van der Waals surface area (Å²) in [6.45, 7) is 5.07. The van der Waals surface area contributed by atoms with Crippen LogP contribution in [-0.2, 0) is 13.1 Å². The highest BCUT2D eigenvalue weighted by Crippen LogP contribution is 2.16. The van der Waals surface area contributed by atoms with E-state index in [4.69, 9.17) is 11.6 Å². The number of aryl methyl sites for hydroxylation is 1. The van der Waals surface area contributed by atoms with Gasteiger partial charge in [-0.3, -0.25) is 9.36 Å². The van der Waals surface area contributed by atoms with Crippen molar-refractivity contribution in [3.63, 3.8) is 0 Å². The van der Waals surface area contributed by atoms with Crippen molar-refractivity contribution < 1.29 is 0 Å². The summed E-state index contributed by atoms with van der Waals surface area (Å²) in [5.74, 6) is 0.664. The lowest BCUT2D eigenvalue weighted by Crippen LogP contribution is -2.39. The molecule has 2 heterocycles. The first-order valence-corrected chi connectivity index (χ1v) is 7.14. The molecule has 7 heteroatoms. The van der Waals surface area contributed by atoms with Crippen LogP contribution in [0, 0.1) is 0 Å². The summed E-state index contributed by atoms with van der Waals surface area (Å²) < 4.78 is 2.59. The molecule has 0 aromatic carbocycles. The summed E-state index contributed by atoms with van der Waals surface area (Å²) in [5, 5.41) is 3.50. The topological polar surface area (TPSA) is 68.9 Å². The number of anilines is 1. The third kappa shape index (κ3) is 3.33. The highest BCUT2D eigenvalue weighted by molar-refractivity contribution is 6.31. The third-order valence-corrected chi connectivity index (χ3v) is 3.41. The first kappa shape index (κ1) is 15.3. The maximum absolute atomic E-state index is 12.2. The van der Waals surface area contributed by atoms with E-state index in [9.17, 15) is 9.59 Å². The number of aromatic nitrogens is 3. The fourth-order valence-corrected chi connectivity index (χ4v) is 2.13. The van der Waals surface area contributed by atoms with Gasteiger partial charge in [0.2, 0.25) is 0 Å². The van der Waals surface area contributed by atoms with Gasteiger partial charge in [-0.05, 0) is 26.0 Å². The maximum Gasteiger partial charge on any atom is 0.331 e. The van der Waals surface area contributed by atoms with Crippen LogP contribution in [0.1, 0.15) is 19.5 Å². The molecule has 0 fully saturated rings. The van der Waals surface area contributed by atoms with E-state index < -0.39 is 0 Å². The molecule has 0 saturated carbocycles. The number of nitrogens with zero attached hydrogens (tertiary/aromatic N) is 3. The summed E-state index contributed by atoms with van der Waals surface area (Å²) in [6.07, 6.45) is 1.49. The van der Waals surface area contributed by atoms with E-state index in [2.05, 4.69) is 10.3 Å². The van der Waals surface area contributed by atoms with E-state index in [1.165, 1.54) is 16.8 Å². The normalized spacial score (nSPS) is 10.6. The molecule has 0 amide bonds. The average Bonchev–Trinajstić information content (AvgIpc) is 2.47. The summed E-state index contributed by atoms with van der Waals surface area (Å²) in [4.78, 5) is 28.4. The zero-order valence-corrected chi connectivity index (χ0v) is 12.7. The van der Waals surface area contributed by atoms with Crippen molar-refractivity contribution in [2.24, 2.45) is 0 Å². The fourth-order valence-electron chi connectivity index (χ4n) is 1.97.